The number of benzene rings is 2. The van der Waals surface area contributed by atoms with E-state index in [-0.39, 0.29) is 0 Å². The molecular formula is C20H20N4O2S2. The number of hydrogen-bond donors (Lipinski definition) is 0. The predicted molar refractivity (Wildman–Crippen MR) is 112 cm³/mol. The first-order valence-corrected chi connectivity index (χ1v) is 11.0. The Hall–Kier alpha value is -2.58. The first-order valence-electron chi connectivity index (χ1n) is 9.00. The van der Waals surface area contributed by atoms with Gasteiger partial charge in [-0.1, -0.05) is 53.8 Å². The molecular weight excluding hydrogens is 392 g/mol. The highest BCUT2D eigenvalue weighted by Gasteiger charge is 2.13. The minimum Gasteiger partial charge on any atom is -0.490 e. The van der Waals surface area contributed by atoms with Crippen LogP contribution in [0.4, 0.5) is 0 Å². The molecule has 0 spiro atoms. The lowest BCUT2D eigenvalue weighted by Crippen LogP contribution is -2.01. The van der Waals surface area contributed by atoms with E-state index in [0.717, 1.165) is 33.0 Å². The fourth-order valence-corrected chi connectivity index (χ4v) is 4.32. The van der Waals surface area contributed by atoms with Gasteiger partial charge in [-0.05, 0) is 24.6 Å². The molecule has 0 unspecified atom stereocenters. The average molecular weight is 413 g/mol. The van der Waals surface area contributed by atoms with Crippen LogP contribution in [0.2, 0.25) is 0 Å². The van der Waals surface area contributed by atoms with E-state index in [1.54, 1.807) is 11.8 Å². The summed E-state index contributed by atoms with van der Waals surface area (Å²) in [5.41, 5.74) is 1.30. The maximum atomic E-state index is 5.91. The highest BCUT2D eigenvalue weighted by atomic mass is 32.2. The van der Waals surface area contributed by atoms with Gasteiger partial charge in [0.2, 0.25) is 4.96 Å². The molecule has 4 rings (SSSR count). The van der Waals surface area contributed by atoms with Crippen LogP contribution in [0.1, 0.15) is 23.3 Å². The smallest absolute Gasteiger partial charge is 0.234 e. The molecule has 8 heteroatoms. The normalized spacial score (nSPS) is 11.0. The lowest BCUT2D eigenvalue weighted by atomic mass is 10.2. The standard InChI is InChI=1S/C20H20N4O2S2/c1-2-25-16-10-6-7-11-17(16)26-12-19-23-24-18(21-22-20(24)28-19)14-27-13-15-8-4-3-5-9-15/h3-11H,2,12-14H2,1H3. The van der Waals surface area contributed by atoms with Crippen LogP contribution in [0.15, 0.2) is 54.6 Å². The number of rotatable bonds is 9. The summed E-state index contributed by atoms with van der Waals surface area (Å²) in [5.74, 6) is 4.00. The molecule has 0 saturated carbocycles. The van der Waals surface area contributed by atoms with Crippen LogP contribution in [0.5, 0.6) is 11.5 Å². The maximum Gasteiger partial charge on any atom is 0.234 e. The van der Waals surface area contributed by atoms with E-state index in [1.165, 1.54) is 16.9 Å². The van der Waals surface area contributed by atoms with Crippen molar-refractivity contribution in [1.82, 2.24) is 19.8 Å². The fraction of sp³-hybridized carbons (Fsp3) is 0.250. The Morgan fingerprint density at radius 3 is 2.46 bits per heavy atom. The van der Waals surface area contributed by atoms with Gasteiger partial charge in [-0.25, -0.2) is 0 Å². The van der Waals surface area contributed by atoms with Gasteiger partial charge in [0.05, 0.1) is 12.4 Å². The van der Waals surface area contributed by atoms with Crippen molar-refractivity contribution >= 4 is 28.1 Å². The Bertz CT molecular complexity index is 1030. The van der Waals surface area contributed by atoms with E-state index in [4.69, 9.17) is 9.47 Å². The molecule has 0 saturated heterocycles. The molecule has 0 aliphatic heterocycles. The van der Waals surface area contributed by atoms with Crippen LogP contribution in [-0.4, -0.2) is 26.4 Å². The second-order valence-corrected chi connectivity index (χ2v) is 7.98. The average Bonchev–Trinajstić information content (AvgIpc) is 3.30. The van der Waals surface area contributed by atoms with Crippen LogP contribution in [0, 0.1) is 0 Å². The first kappa shape index (κ1) is 18.8. The van der Waals surface area contributed by atoms with Crippen molar-refractivity contribution in [3.63, 3.8) is 0 Å². The van der Waals surface area contributed by atoms with Gasteiger partial charge in [0.15, 0.2) is 22.3 Å². The third kappa shape index (κ3) is 4.45. The third-order valence-electron chi connectivity index (χ3n) is 3.94. The molecule has 0 aliphatic rings. The maximum absolute atomic E-state index is 5.91. The van der Waals surface area contributed by atoms with Crippen LogP contribution < -0.4 is 9.47 Å². The summed E-state index contributed by atoms with van der Waals surface area (Å²) in [4.78, 5) is 0.784. The summed E-state index contributed by atoms with van der Waals surface area (Å²) in [6.45, 7) is 2.92. The van der Waals surface area contributed by atoms with Gasteiger partial charge in [-0.15, -0.1) is 22.0 Å². The molecule has 0 amide bonds. The largest absolute Gasteiger partial charge is 0.490 e. The second kappa shape index (κ2) is 9.07. The molecule has 0 aliphatic carbocycles. The van der Waals surface area contributed by atoms with Crippen LogP contribution >= 0.6 is 23.1 Å². The van der Waals surface area contributed by atoms with Crippen molar-refractivity contribution in [3.05, 3.63) is 71.0 Å². The molecule has 6 nitrogen and oxygen atoms in total. The molecule has 0 radical (unpaired) electrons. The summed E-state index contributed by atoms with van der Waals surface area (Å²) < 4.78 is 13.3. The lowest BCUT2D eigenvalue weighted by Gasteiger charge is -2.10. The van der Waals surface area contributed by atoms with Crippen LogP contribution in [-0.2, 0) is 18.1 Å². The van der Waals surface area contributed by atoms with Crippen LogP contribution in [0.25, 0.3) is 4.96 Å². The number of aromatic nitrogens is 4. The number of fused-ring (bicyclic) bond motifs is 1. The Balaban J connectivity index is 1.39. The molecule has 0 bridgehead atoms. The third-order valence-corrected chi connectivity index (χ3v) is 5.81. The van der Waals surface area contributed by atoms with Crippen molar-refractivity contribution in [2.75, 3.05) is 6.61 Å². The molecule has 4 aromatic rings. The minimum absolute atomic E-state index is 0.370. The van der Waals surface area contributed by atoms with Gasteiger partial charge in [0.25, 0.3) is 0 Å². The van der Waals surface area contributed by atoms with E-state index in [9.17, 15) is 0 Å². The second-order valence-electron chi connectivity index (χ2n) is 5.95. The number of thioether (sulfide) groups is 1. The molecule has 2 aromatic heterocycles. The Kier molecular flexibility index (Phi) is 6.08. The van der Waals surface area contributed by atoms with Crippen molar-refractivity contribution < 1.29 is 9.47 Å². The highest BCUT2D eigenvalue weighted by molar-refractivity contribution is 7.97. The highest BCUT2D eigenvalue weighted by Crippen LogP contribution is 2.28. The van der Waals surface area contributed by atoms with E-state index in [0.29, 0.717) is 19.0 Å². The lowest BCUT2D eigenvalue weighted by molar-refractivity contribution is 0.268. The number of ether oxygens (including phenoxy) is 2. The Morgan fingerprint density at radius 2 is 1.68 bits per heavy atom. The van der Waals surface area contributed by atoms with E-state index < -0.39 is 0 Å². The summed E-state index contributed by atoms with van der Waals surface area (Å²) in [7, 11) is 0. The van der Waals surface area contributed by atoms with Crippen molar-refractivity contribution in [2.45, 2.75) is 25.0 Å². The van der Waals surface area contributed by atoms with E-state index >= 15 is 0 Å². The molecule has 0 atom stereocenters. The molecule has 144 valence electrons. The van der Waals surface area contributed by atoms with Gasteiger partial charge in [0.1, 0.15) is 6.61 Å². The molecule has 0 N–H and O–H groups in total. The quantitative estimate of drug-likeness (QED) is 0.400. The van der Waals surface area contributed by atoms with E-state index in [1.807, 2.05) is 41.8 Å². The van der Waals surface area contributed by atoms with Crippen molar-refractivity contribution in [2.24, 2.45) is 0 Å². The zero-order valence-corrected chi connectivity index (χ0v) is 17.1. The van der Waals surface area contributed by atoms with E-state index in [2.05, 4.69) is 39.6 Å². The van der Waals surface area contributed by atoms with Crippen LogP contribution in [0.3, 0.4) is 0 Å². The van der Waals surface area contributed by atoms with Gasteiger partial charge in [-0.2, -0.15) is 9.61 Å². The number of hydrogen-bond acceptors (Lipinski definition) is 7. The zero-order chi connectivity index (χ0) is 19.2. The summed E-state index contributed by atoms with van der Waals surface area (Å²) in [6, 6.07) is 18.1. The topological polar surface area (TPSA) is 61.5 Å². The zero-order valence-electron chi connectivity index (χ0n) is 15.4. The monoisotopic (exact) mass is 412 g/mol. The van der Waals surface area contributed by atoms with Gasteiger partial charge >= 0.3 is 0 Å². The summed E-state index contributed by atoms with van der Waals surface area (Å²) >= 11 is 3.29. The number of nitrogens with zero attached hydrogens (tertiary/aromatic N) is 4. The molecule has 28 heavy (non-hydrogen) atoms. The number of para-hydroxylation sites is 2. The molecule has 2 aromatic carbocycles. The Labute approximate surface area is 171 Å². The fourth-order valence-electron chi connectivity index (χ4n) is 2.66. The SMILES string of the molecule is CCOc1ccccc1OCc1nn2c(CSCc3ccccc3)nnc2s1. The van der Waals surface area contributed by atoms with Gasteiger partial charge in [-0.3, -0.25) is 0 Å². The van der Waals surface area contributed by atoms with Crippen molar-refractivity contribution in [3.8, 4) is 11.5 Å². The molecule has 2 heterocycles. The Morgan fingerprint density at radius 1 is 0.929 bits per heavy atom. The molecule has 0 fully saturated rings. The van der Waals surface area contributed by atoms with Gasteiger partial charge < -0.3 is 9.47 Å². The summed E-state index contributed by atoms with van der Waals surface area (Å²) in [5, 5.41) is 14.0. The van der Waals surface area contributed by atoms with Crippen molar-refractivity contribution in [1.29, 1.82) is 0 Å². The minimum atomic E-state index is 0.370. The first-order chi connectivity index (χ1) is 13.8. The van der Waals surface area contributed by atoms with Gasteiger partial charge in [0, 0.05) is 5.75 Å². The summed E-state index contributed by atoms with van der Waals surface area (Å²) in [6.07, 6.45) is 0. The predicted octanol–water partition coefficient (Wildman–Crippen LogP) is 4.60.